The highest BCUT2D eigenvalue weighted by atomic mass is 32.2. The molecule has 1 heterocycles. The van der Waals surface area contributed by atoms with Gasteiger partial charge in [-0.3, -0.25) is 10.2 Å². The van der Waals surface area contributed by atoms with E-state index >= 15 is 0 Å². The third-order valence-corrected chi connectivity index (χ3v) is 4.11. The lowest BCUT2D eigenvalue weighted by molar-refractivity contribution is -0.625. The summed E-state index contributed by atoms with van der Waals surface area (Å²) in [6.45, 7) is 0.830. The first kappa shape index (κ1) is 13.8. The van der Waals surface area contributed by atoms with E-state index in [4.69, 9.17) is 11.1 Å². The summed E-state index contributed by atoms with van der Waals surface area (Å²) in [5.41, 5.74) is 8.32. The number of nitrogens with one attached hydrogen (secondary N) is 1. The molecule has 1 aliphatic rings. The average Bonchev–Trinajstić information content (AvgIpc) is 2.45. The van der Waals surface area contributed by atoms with Gasteiger partial charge in [-0.15, -0.1) is 0 Å². The van der Waals surface area contributed by atoms with Gasteiger partial charge in [0, 0.05) is 29.1 Å². The number of carbonyl (C=O) groups is 1. The fraction of sp³-hybridized carbons (Fsp3) is 0.286. The van der Waals surface area contributed by atoms with Crippen LogP contribution in [0, 0.1) is 5.41 Å². The zero-order chi connectivity index (χ0) is 13.7. The predicted octanol–water partition coefficient (Wildman–Crippen LogP) is 0.646. The van der Waals surface area contributed by atoms with E-state index in [2.05, 4.69) is 17.4 Å². The first-order valence-corrected chi connectivity index (χ1v) is 7.39. The minimum atomic E-state index is -0.636. The highest BCUT2D eigenvalue weighted by Gasteiger charge is 2.22. The molecule has 0 saturated carbocycles. The Morgan fingerprint density at radius 2 is 2.11 bits per heavy atom. The maximum atomic E-state index is 11.2. The van der Waals surface area contributed by atoms with Gasteiger partial charge in [0.1, 0.15) is 18.0 Å². The summed E-state index contributed by atoms with van der Waals surface area (Å²) >= 11 is 1.75. The summed E-state index contributed by atoms with van der Waals surface area (Å²) in [5.74, 6) is 1.11. The van der Waals surface area contributed by atoms with Crippen LogP contribution in [0.2, 0.25) is 0 Å². The molecule has 0 bridgehead atoms. The Bertz CT molecular complexity index is 511. The van der Waals surface area contributed by atoms with Crippen molar-refractivity contribution >= 4 is 23.4 Å². The van der Waals surface area contributed by atoms with Gasteiger partial charge >= 0.3 is 0 Å². The molecule has 0 atom stereocenters. The molecule has 5 N–H and O–H groups in total. The van der Waals surface area contributed by atoms with E-state index in [0.717, 1.165) is 30.0 Å². The summed E-state index contributed by atoms with van der Waals surface area (Å²) in [5, 5.41) is 9.91. The maximum Gasteiger partial charge on any atom is 0.267 e. The largest absolute Gasteiger partial charge is 0.364 e. The molecular weight excluding hydrogens is 258 g/mol. The van der Waals surface area contributed by atoms with E-state index in [1.165, 1.54) is 5.56 Å². The van der Waals surface area contributed by atoms with Crippen molar-refractivity contribution in [2.75, 3.05) is 11.5 Å². The zero-order valence-electron chi connectivity index (χ0n) is 10.7. The lowest BCUT2D eigenvalue weighted by Gasteiger charge is -2.17. The first-order valence-electron chi connectivity index (χ1n) is 6.24. The van der Waals surface area contributed by atoms with Gasteiger partial charge in [-0.1, -0.05) is 30.3 Å². The molecule has 1 aliphatic heterocycles. The Balaban J connectivity index is 2.10. The molecule has 0 saturated heterocycles. The number of hydrogen-bond donors (Lipinski definition) is 3. The molecular formula is C14H18N3OS+. The fourth-order valence-electron chi connectivity index (χ4n) is 2.06. The molecule has 0 radical (unpaired) electrons. The molecule has 19 heavy (non-hydrogen) atoms. The molecule has 0 spiro atoms. The van der Waals surface area contributed by atoms with E-state index in [1.807, 2.05) is 18.2 Å². The number of carbonyl (C=O) groups excluding carboxylic acids is 1. The second-order valence-corrected chi connectivity index (χ2v) is 5.54. The number of amides is 1. The quantitative estimate of drug-likeness (QED) is 0.690. The zero-order valence-corrected chi connectivity index (χ0v) is 11.5. The Morgan fingerprint density at radius 1 is 1.37 bits per heavy atom. The van der Waals surface area contributed by atoms with Crippen molar-refractivity contribution in [1.82, 2.24) is 0 Å². The van der Waals surface area contributed by atoms with Gasteiger partial charge in [0.05, 0.1) is 0 Å². The topological polar surface area (TPSA) is 83.5 Å². The van der Waals surface area contributed by atoms with Crippen LogP contribution in [0.4, 0.5) is 0 Å². The first-order chi connectivity index (χ1) is 9.18. The third-order valence-electron chi connectivity index (χ3n) is 3.12. The minimum absolute atomic E-state index is 0.0356. The molecule has 0 fully saturated rings. The molecule has 4 nitrogen and oxygen atoms in total. The molecule has 2 rings (SSSR count). The molecule has 5 heteroatoms. The van der Waals surface area contributed by atoms with E-state index in [1.54, 1.807) is 11.8 Å². The van der Waals surface area contributed by atoms with Gasteiger partial charge in [-0.25, -0.2) is 0 Å². The van der Waals surface area contributed by atoms with Gasteiger partial charge in [0.25, 0.3) is 5.91 Å². The standard InChI is InChI=1S/C14H17N3OS/c15-13(14(16)18)11-9-19-7-6-12(11)17-8-10-4-2-1-3-5-10/h1-5,15,17H,6-9H2,(H2,16,18)/p+1. The van der Waals surface area contributed by atoms with Crippen LogP contribution in [-0.2, 0) is 11.3 Å². The summed E-state index contributed by atoms with van der Waals surface area (Å²) in [6, 6.07) is 10.2. The van der Waals surface area contributed by atoms with Gasteiger partial charge in [-0.05, 0) is 0 Å². The molecule has 1 amide bonds. The second kappa shape index (κ2) is 6.54. The molecule has 0 unspecified atom stereocenters. The van der Waals surface area contributed by atoms with Gasteiger partial charge < -0.3 is 11.1 Å². The van der Waals surface area contributed by atoms with Gasteiger partial charge in [-0.2, -0.15) is 11.8 Å². The lowest BCUT2D eigenvalue weighted by atomic mass is 10.1. The lowest BCUT2D eigenvalue weighted by Crippen LogP contribution is -2.81. The van der Waals surface area contributed by atoms with Crippen molar-refractivity contribution in [3.05, 3.63) is 47.2 Å². The van der Waals surface area contributed by atoms with E-state index in [9.17, 15) is 4.79 Å². The molecule has 100 valence electrons. The van der Waals surface area contributed by atoms with Crippen LogP contribution >= 0.6 is 11.8 Å². The van der Waals surface area contributed by atoms with Crippen molar-refractivity contribution in [2.24, 2.45) is 5.73 Å². The van der Waals surface area contributed by atoms with Crippen LogP contribution in [-0.4, -0.2) is 23.1 Å². The molecule has 1 aromatic carbocycles. The molecule has 1 aromatic rings. The number of thioether (sulfide) groups is 1. The van der Waals surface area contributed by atoms with Crippen LogP contribution < -0.4 is 11.1 Å². The van der Waals surface area contributed by atoms with Gasteiger partial charge in [0.2, 0.25) is 0 Å². The van der Waals surface area contributed by atoms with Crippen molar-refractivity contribution in [3.63, 3.8) is 0 Å². The SMILES string of the molecule is N=C(C(N)=O)C1=C([NH2+]Cc2ccccc2)CCSC1. The van der Waals surface area contributed by atoms with Crippen LogP contribution in [0.3, 0.4) is 0 Å². The Kier molecular flexibility index (Phi) is 4.76. The van der Waals surface area contributed by atoms with Crippen molar-refractivity contribution < 1.29 is 10.1 Å². The number of hydrogen-bond acceptors (Lipinski definition) is 3. The number of rotatable bonds is 5. The smallest absolute Gasteiger partial charge is 0.267 e. The summed E-state index contributed by atoms with van der Waals surface area (Å²) < 4.78 is 0. The van der Waals surface area contributed by atoms with E-state index in [0.29, 0.717) is 5.75 Å². The Labute approximate surface area is 117 Å². The highest BCUT2D eigenvalue weighted by Crippen LogP contribution is 2.20. The number of nitrogens with two attached hydrogens (primary N) is 2. The van der Waals surface area contributed by atoms with E-state index < -0.39 is 5.91 Å². The number of quaternary nitrogens is 1. The summed E-state index contributed by atoms with van der Waals surface area (Å²) in [4.78, 5) is 11.2. The monoisotopic (exact) mass is 276 g/mol. The van der Waals surface area contributed by atoms with Gasteiger partial charge in [0.15, 0.2) is 0 Å². The number of benzene rings is 1. The minimum Gasteiger partial charge on any atom is -0.364 e. The number of allylic oxidation sites excluding steroid dienone is 1. The Hall–Kier alpha value is -1.59. The number of primary amides is 1. The van der Waals surface area contributed by atoms with Crippen molar-refractivity contribution in [2.45, 2.75) is 13.0 Å². The normalized spacial score (nSPS) is 15.4. The van der Waals surface area contributed by atoms with Crippen LogP contribution in [0.1, 0.15) is 12.0 Å². The summed E-state index contributed by atoms with van der Waals surface area (Å²) in [6.07, 6.45) is 0.905. The maximum absolute atomic E-state index is 11.2. The third kappa shape index (κ3) is 3.68. The Morgan fingerprint density at radius 3 is 2.79 bits per heavy atom. The average molecular weight is 276 g/mol. The van der Waals surface area contributed by atoms with Crippen molar-refractivity contribution in [3.8, 4) is 0 Å². The van der Waals surface area contributed by atoms with E-state index in [-0.39, 0.29) is 5.71 Å². The fourth-order valence-corrected chi connectivity index (χ4v) is 3.10. The van der Waals surface area contributed by atoms with Crippen LogP contribution in [0.5, 0.6) is 0 Å². The van der Waals surface area contributed by atoms with Crippen LogP contribution in [0.25, 0.3) is 0 Å². The molecule has 0 aliphatic carbocycles. The molecule has 0 aromatic heterocycles. The summed E-state index contributed by atoms with van der Waals surface area (Å²) in [7, 11) is 0. The van der Waals surface area contributed by atoms with Crippen LogP contribution in [0.15, 0.2) is 41.6 Å². The predicted molar refractivity (Wildman–Crippen MR) is 78.0 cm³/mol. The van der Waals surface area contributed by atoms with Crippen molar-refractivity contribution in [1.29, 1.82) is 5.41 Å². The second-order valence-electron chi connectivity index (χ2n) is 4.44. The highest BCUT2D eigenvalue weighted by molar-refractivity contribution is 7.99.